The zero-order valence-corrected chi connectivity index (χ0v) is 20.2. The maximum atomic E-state index is 13.5. The molecule has 3 aliphatic carbocycles. The second-order valence-corrected chi connectivity index (χ2v) is 11.0. The van der Waals surface area contributed by atoms with Crippen molar-refractivity contribution in [2.45, 2.75) is 81.3 Å². The molecule has 2 fully saturated rings. The van der Waals surface area contributed by atoms with Crippen molar-refractivity contribution >= 4 is 33.3 Å². The highest BCUT2D eigenvalue weighted by molar-refractivity contribution is 7.96. The van der Waals surface area contributed by atoms with Gasteiger partial charge >= 0.3 is 11.9 Å². The third kappa shape index (κ3) is 5.45. The van der Waals surface area contributed by atoms with Crippen molar-refractivity contribution in [2.75, 3.05) is 0 Å². The molecule has 8 nitrogen and oxygen atoms in total. The van der Waals surface area contributed by atoms with Crippen LogP contribution in [0.25, 0.3) is 0 Å². The number of hydrogen-bond donors (Lipinski definition) is 0. The normalized spacial score (nSPS) is 20.4. The summed E-state index contributed by atoms with van der Waals surface area (Å²) in [7, 11) is -4.62. The first kappa shape index (κ1) is 25.0. The maximum Gasteiger partial charge on any atom is 0.343 e. The number of hydrogen-bond acceptors (Lipinski definition) is 8. The van der Waals surface area contributed by atoms with E-state index in [0.29, 0.717) is 31.8 Å². The molecule has 9 heteroatoms. The first-order valence-corrected chi connectivity index (χ1v) is 13.5. The quantitative estimate of drug-likeness (QED) is 0.330. The van der Waals surface area contributed by atoms with Gasteiger partial charge in [0.15, 0.2) is 5.78 Å². The number of sulfone groups is 1. The molecular formula is C26H28O8S. The summed E-state index contributed by atoms with van der Waals surface area (Å²) in [4.78, 5) is 51.0. The van der Waals surface area contributed by atoms with Crippen LogP contribution >= 0.6 is 0 Å². The van der Waals surface area contributed by atoms with E-state index < -0.39 is 61.6 Å². The fraction of sp³-hybridized carbons (Fsp3) is 0.462. The minimum Gasteiger partial charge on any atom is -0.459 e. The summed E-state index contributed by atoms with van der Waals surface area (Å²) < 4.78 is 37.8. The number of esters is 2. The van der Waals surface area contributed by atoms with E-state index in [0.717, 1.165) is 38.5 Å². The molecule has 1 aromatic rings. The third-order valence-electron chi connectivity index (χ3n) is 6.60. The lowest BCUT2D eigenvalue weighted by Crippen LogP contribution is -2.34. The van der Waals surface area contributed by atoms with Gasteiger partial charge < -0.3 is 9.47 Å². The summed E-state index contributed by atoms with van der Waals surface area (Å²) >= 11 is 0. The SMILES string of the molecule is O=C1C=C(C(=O)OC2CCCCC2)C(=O)C(S(=O)(=O)c2ccccc2)=C1C(=O)OC1CCCCC1. The van der Waals surface area contributed by atoms with Crippen LogP contribution in [0.15, 0.2) is 57.4 Å². The number of ketones is 2. The smallest absolute Gasteiger partial charge is 0.343 e. The lowest BCUT2D eigenvalue weighted by Gasteiger charge is -2.25. The molecule has 0 radical (unpaired) electrons. The minimum absolute atomic E-state index is 0.277. The molecule has 0 saturated heterocycles. The standard InChI is InChI=1S/C26H28O8S/c27-21-16-20(25(29)33-17-10-4-1-5-11-17)23(28)24(35(31,32)19-14-8-3-9-15-19)22(21)26(30)34-18-12-6-2-7-13-18/h3,8-9,14-18H,1-2,4-7,10-13H2. The first-order chi connectivity index (χ1) is 16.8. The molecule has 0 aromatic heterocycles. The fourth-order valence-corrected chi connectivity index (χ4v) is 6.28. The molecule has 4 rings (SSSR count). The summed E-state index contributed by atoms with van der Waals surface area (Å²) in [5.41, 5.74) is -1.55. The third-order valence-corrected chi connectivity index (χ3v) is 8.42. The molecule has 186 valence electrons. The van der Waals surface area contributed by atoms with Gasteiger partial charge in [-0.15, -0.1) is 0 Å². The topological polar surface area (TPSA) is 121 Å². The number of ether oxygens (including phenoxy) is 2. The number of carbonyl (C=O) groups excluding carboxylic acids is 4. The number of Topliss-reactive ketones (excluding diaryl/α,β-unsaturated/α-hetero) is 1. The lowest BCUT2D eigenvalue weighted by atomic mass is 9.95. The molecule has 0 N–H and O–H groups in total. The van der Waals surface area contributed by atoms with Gasteiger partial charge in [-0.2, -0.15) is 0 Å². The average Bonchev–Trinajstić information content (AvgIpc) is 2.86. The molecule has 0 heterocycles. The molecular weight excluding hydrogens is 472 g/mol. The van der Waals surface area contributed by atoms with Crippen molar-refractivity contribution in [2.24, 2.45) is 0 Å². The van der Waals surface area contributed by atoms with Gasteiger partial charge in [-0.25, -0.2) is 18.0 Å². The molecule has 3 aliphatic rings. The van der Waals surface area contributed by atoms with Crippen LogP contribution in [0.5, 0.6) is 0 Å². The Bertz CT molecular complexity index is 1180. The van der Waals surface area contributed by atoms with E-state index in [1.165, 1.54) is 24.3 Å². The summed E-state index contributed by atoms with van der Waals surface area (Å²) in [5.74, 6) is -4.52. The van der Waals surface area contributed by atoms with Gasteiger partial charge in [0.1, 0.15) is 28.3 Å². The highest BCUT2D eigenvalue weighted by atomic mass is 32.2. The van der Waals surface area contributed by atoms with Crippen molar-refractivity contribution in [1.82, 2.24) is 0 Å². The molecule has 2 saturated carbocycles. The van der Waals surface area contributed by atoms with Gasteiger partial charge in [0, 0.05) is 6.08 Å². The maximum absolute atomic E-state index is 13.5. The van der Waals surface area contributed by atoms with Crippen molar-refractivity contribution in [3.8, 4) is 0 Å². The van der Waals surface area contributed by atoms with Crippen LogP contribution in [0, 0.1) is 0 Å². The Balaban J connectivity index is 1.71. The zero-order chi connectivity index (χ0) is 25.0. The van der Waals surface area contributed by atoms with Crippen LogP contribution in [0.3, 0.4) is 0 Å². The largest absolute Gasteiger partial charge is 0.459 e. The van der Waals surface area contributed by atoms with Gasteiger partial charge in [-0.05, 0) is 63.5 Å². The van der Waals surface area contributed by atoms with Crippen LogP contribution in [-0.4, -0.2) is 44.1 Å². The molecule has 0 bridgehead atoms. The minimum atomic E-state index is -4.62. The lowest BCUT2D eigenvalue weighted by molar-refractivity contribution is -0.149. The van der Waals surface area contributed by atoms with Crippen LogP contribution < -0.4 is 0 Å². The van der Waals surface area contributed by atoms with Gasteiger partial charge in [-0.3, -0.25) is 9.59 Å². The van der Waals surface area contributed by atoms with Gasteiger partial charge in [-0.1, -0.05) is 31.0 Å². The highest BCUT2D eigenvalue weighted by Crippen LogP contribution is 2.32. The average molecular weight is 501 g/mol. The van der Waals surface area contributed by atoms with E-state index in [-0.39, 0.29) is 4.90 Å². The zero-order valence-electron chi connectivity index (χ0n) is 19.4. The van der Waals surface area contributed by atoms with E-state index in [9.17, 15) is 27.6 Å². The molecule has 1 aromatic carbocycles. The van der Waals surface area contributed by atoms with Crippen molar-refractivity contribution in [3.05, 3.63) is 52.5 Å². The first-order valence-electron chi connectivity index (χ1n) is 12.1. The molecule has 0 unspecified atom stereocenters. The van der Waals surface area contributed by atoms with E-state index in [1.54, 1.807) is 6.07 Å². The second kappa shape index (κ2) is 10.7. The molecule has 0 atom stereocenters. The van der Waals surface area contributed by atoms with Gasteiger partial charge in [0.25, 0.3) is 0 Å². The van der Waals surface area contributed by atoms with Crippen LogP contribution in [-0.2, 0) is 38.5 Å². The molecule has 0 amide bonds. The van der Waals surface area contributed by atoms with Crippen LogP contribution in [0.4, 0.5) is 0 Å². The van der Waals surface area contributed by atoms with Crippen molar-refractivity contribution in [1.29, 1.82) is 0 Å². The Labute approximate surface area is 204 Å². The van der Waals surface area contributed by atoms with E-state index >= 15 is 0 Å². The van der Waals surface area contributed by atoms with E-state index in [1.807, 2.05) is 0 Å². The van der Waals surface area contributed by atoms with Gasteiger partial charge in [0.2, 0.25) is 15.6 Å². The molecule has 0 aliphatic heterocycles. The Kier molecular flexibility index (Phi) is 7.64. The Hall–Kier alpha value is -3.07. The highest BCUT2D eigenvalue weighted by Gasteiger charge is 2.44. The van der Waals surface area contributed by atoms with Gasteiger partial charge in [0.05, 0.1) is 4.90 Å². The summed E-state index contributed by atoms with van der Waals surface area (Å²) in [6, 6.07) is 7.00. The van der Waals surface area contributed by atoms with Crippen molar-refractivity contribution in [3.63, 3.8) is 0 Å². The summed E-state index contributed by atoms with van der Waals surface area (Å²) in [6.07, 6.45) is 7.72. The number of carbonyl (C=O) groups is 4. The van der Waals surface area contributed by atoms with Crippen molar-refractivity contribution < 1.29 is 37.1 Å². The Morgan fingerprint density at radius 3 is 1.80 bits per heavy atom. The number of benzene rings is 1. The summed E-state index contributed by atoms with van der Waals surface area (Å²) in [5, 5.41) is 0. The van der Waals surface area contributed by atoms with Crippen LogP contribution in [0.2, 0.25) is 0 Å². The Morgan fingerprint density at radius 2 is 1.26 bits per heavy atom. The number of allylic oxidation sites excluding steroid dienone is 2. The molecule has 0 spiro atoms. The monoisotopic (exact) mass is 500 g/mol. The Morgan fingerprint density at radius 1 is 0.743 bits per heavy atom. The summed E-state index contributed by atoms with van der Waals surface area (Å²) in [6.45, 7) is 0. The number of rotatable bonds is 6. The second-order valence-electron chi connectivity index (χ2n) is 9.10. The fourth-order valence-electron chi connectivity index (χ4n) is 4.73. The predicted molar refractivity (Wildman–Crippen MR) is 125 cm³/mol. The van der Waals surface area contributed by atoms with Crippen LogP contribution in [0.1, 0.15) is 64.2 Å². The predicted octanol–water partition coefficient (Wildman–Crippen LogP) is 3.54. The van der Waals surface area contributed by atoms with E-state index in [2.05, 4.69) is 0 Å². The molecule has 35 heavy (non-hydrogen) atoms. The van der Waals surface area contributed by atoms with E-state index in [4.69, 9.17) is 9.47 Å².